The summed E-state index contributed by atoms with van der Waals surface area (Å²) in [5.41, 5.74) is 7.14. The highest BCUT2D eigenvalue weighted by molar-refractivity contribution is 6.31. The Kier molecular flexibility index (Phi) is 5.24. The van der Waals surface area contributed by atoms with Crippen molar-refractivity contribution in [1.82, 2.24) is 9.99 Å². The molecule has 4 nitrogen and oxygen atoms in total. The number of fused-ring (bicyclic) bond motifs is 1. The maximum atomic E-state index is 12.3. The summed E-state index contributed by atoms with van der Waals surface area (Å²) in [6, 6.07) is 13.3. The Morgan fingerprint density at radius 3 is 2.77 bits per heavy atom. The molecule has 0 aliphatic rings. The van der Waals surface area contributed by atoms with E-state index in [1.807, 2.05) is 44.2 Å². The van der Waals surface area contributed by atoms with Gasteiger partial charge in [-0.25, -0.2) is 5.43 Å². The van der Waals surface area contributed by atoms with E-state index < -0.39 is 0 Å². The molecule has 1 N–H and O–H groups in total. The largest absolute Gasteiger partial charge is 0.340 e. The predicted octanol–water partition coefficient (Wildman–Crippen LogP) is 4.86. The molecule has 2 aromatic carbocycles. The van der Waals surface area contributed by atoms with Gasteiger partial charge in [0.2, 0.25) is 0 Å². The second kappa shape index (κ2) is 7.58. The normalized spacial score (nSPS) is 11.2. The first-order valence-corrected chi connectivity index (χ1v) is 8.69. The fourth-order valence-corrected chi connectivity index (χ4v) is 3.12. The first kappa shape index (κ1) is 18.0. The molecule has 1 amide bonds. The smallest absolute Gasteiger partial charge is 0.271 e. The lowest BCUT2D eigenvalue weighted by Crippen LogP contribution is -2.17. The van der Waals surface area contributed by atoms with Gasteiger partial charge in [0.25, 0.3) is 5.91 Å². The Hall–Kier alpha value is -2.85. The van der Waals surface area contributed by atoms with Crippen molar-refractivity contribution in [2.75, 3.05) is 0 Å². The SMILES string of the molecule is C=CCn1c(C)c(/C=N\NC(=O)c2ccc(C)c(Cl)c2)c2ccccc21. The zero-order chi connectivity index (χ0) is 18.7. The van der Waals surface area contributed by atoms with Gasteiger partial charge in [-0.15, -0.1) is 6.58 Å². The second-order valence-electron chi connectivity index (χ2n) is 6.08. The Morgan fingerprint density at radius 2 is 2.04 bits per heavy atom. The van der Waals surface area contributed by atoms with Crippen molar-refractivity contribution < 1.29 is 4.79 Å². The third-order valence-corrected chi connectivity index (χ3v) is 4.79. The van der Waals surface area contributed by atoms with Crippen LogP contribution in [0.15, 0.2) is 60.2 Å². The number of allylic oxidation sites excluding steroid dienone is 1. The number of halogens is 1. The molecule has 0 radical (unpaired) electrons. The molecule has 26 heavy (non-hydrogen) atoms. The van der Waals surface area contributed by atoms with E-state index in [4.69, 9.17) is 11.6 Å². The van der Waals surface area contributed by atoms with Crippen LogP contribution < -0.4 is 5.43 Å². The molecule has 0 saturated carbocycles. The van der Waals surface area contributed by atoms with Gasteiger partial charge in [0.1, 0.15) is 0 Å². The molecule has 3 rings (SSSR count). The average molecular weight is 366 g/mol. The summed E-state index contributed by atoms with van der Waals surface area (Å²) in [5.74, 6) is -0.296. The molecule has 0 fully saturated rings. The van der Waals surface area contributed by atoms with E-state index in [0.717, 1.165) is 27.7 Å². The molecular weight excluding hydrogens is 346 g/mol. The van der Waals surface area contributed by atoms with Gasteiger partial charge in [0.15, 0.2) is 0 Å². The molecule has 0 spiro atoms. The van der Waals surface area contributed by atoms with Gasteiger partial charge in [-0.1, -0.05) is 41.9 Å². The van der Waals surface area contributed by atoms with Crippen LogP contribution in [0.5, 0.6) is 0 Å². The predicted molar refractivity (Wildman–Crippen MR) is 108 cm³/mol. The maximum Gasteiger partial charge on any atom is 0.271 e. The summed E-state index contributed by atoms with van der Waals surface area (Å²) in [6.45, 7) is 8.47. The van der Waals surface area contributed by atoms with E-state index >= 15 is 0 Å². The number of carbonyl (C=O) groups is 1. The van der Waals surface area contributed by atoms with E-state index in [0.29, 0.717) is 17.1 Å². The van der Waals surface area contributed by atoms with Crippen LogP contribution in [0.25, 0.3) is 10.9 Å². The van der Waals surface area contributed by atoms with Crippen LogP contribution in [0, 0.1) is 13.8 Å². The molecule has 0 saturated heterocycles. The van der Waals surface area contributed by atoms with Crippen LogP contribution >= 0.6 is 11.6 Å². The minimum absolute atomic E-state index is 0.296. The summed E-state index contributed by atoms with van der Waals surface area (Å²) in [7, 11) is 0. The molecule has 0 unspecified atom stereocenters. The third-order valence-electron chi connectivity index (χ3n) is 4.39. The Morgan fingerprint density at radius 1 is 1.27 bits per heavy atom. The first-order valence-electron chi connectivity index (χ1n) is 8.31. The summed E-state index contributed by atoms with van der Waals surface area (Å²) < 4.78 is 2.17. The fourth-order valence-electron chi connectivity index (χ4n) is 2.94. The number of hydrogen-bond donors (Lipinski definition) is 1. The van der Waals surface area contributed by atoms with Crippen LogP contribution in [0.1, 0.15) is 27.2 Å². The second-order valence-corrected chi connectivity index (χ2v) is 6.49. The number of nitrogens with zero attached hydrogens (tertiary/aromatic N) is 2. The van der Waals surface area contributed by atoms with Gasteiger partial charge in [-0.3, -0.25) is 4.79 Å². The van der Waals surface area contributed by atoms with Gasteiger partial charge >= 0.3 is 0 Å². The number of benzene rings is 2. The summed E-state index contributed by atoms with van der Waals surface area (Å²) >= 11 is 6.08. The van der Waals surface area contributed by atoms with E-state index in [1.165, 1.54) is 0 Å². The van der Waals surface area contributed by atoms with E-state index in [-0.39, 0.29) is 5.91 Å². The number of para-hydroxylation sites is 1. The highest BCUT2D eigenvalue weighted by Gasteiger charge is 2.11. The average Bonchev–Trinajstić information content (AvgIpc) is 2.90. The molecule has 0 atom stereocenters. The van der Waals surface area contributed by atoms with Crippen molar-refractivity contribution >= 4 is 34.6 Å². The van der Waals surface area contributed by atoms with Crippen LogP contribution in [0.4, 0.5) is 0 Å². The molecular formula is C21H20ClN3O. The molecule has 1 heterocycles. The lowest BCUT2D eigenvalue weighted by atomic mass is 10.1. The highest BCUT2D eigenvalue weighted by Crippen LogP contribution is 2.24. The number of aryl methyl sites for hydroxylation is 1. The minimum Gasteiger partial charge on any atom is -0.340 e. The lowest BCUT2D eigenvalue weighted by Gasteiger charge is -2.04. The van der Waals surface area contributed by atoms with Crippen molar-refractivity contribution in [3.63, 3.8) is 0 Å². The Balaban J connectivity index is 1.86. The number of rotatable bonds is 5. The van der Waals surface area contributed by atoms with Crippen molar-refractivity contribution in [3.8, 4) is 0 Å². The highest BCUT2D eigenvalue weighted by atomic mass is 35.5. The number of aromatic nitrogens is 1. The molecule has 5 heteroatoms. The van der Waals surface area contributed by atoms with Gasteiger partial charge < -0.3 is 4.57 Å². The standard InChI is InChI=1S/C21H20ClN3O/c1-4-11-25-15(3)18(17-7-5-6-8-20(17)25)13-23-24-21(26)16-10-9-14(2)19(22)12-16/h4-10,12-13H,1,11H2,2-3H3,(H,24,26)/b23-13-. The van der Waals surface area contributed by atoms with Crippen LogP contribution in [0.2, 0.25) is 5.02 Å². The zero-order valence-electron chi connectivity index (χ0n) is 14.8. The lowest BCUT2D eigenvalue weighted by molar-refractivity contribution is 0.0955. The van der Waals surface area contributed by atoms with Gasteiger partial charge in [-0.2, -0.15) is 5.10 Å². The first-order chi connectivity index (χ1) is 12.5. The van der Waals surface area contributed by atoms with Gasteiger partial charge in [0.05, 0.1) is 6.21 Å². The molecule has 0 aliphatic heterocycles. The zero-order valence-corrected chi connectivity index (χ0v) is 15.5. The number of carbonyl (C=O) groups excluding carboxylic acids is 1. The number of nitrogens with one attached hydrogen (secondary N) is 1. The molecule has 3 aromatic rings. The van der Waals surface area contributed by atoms with Crippen LogP contribution in [-0.2, 0) is 6.54 Å². The van der Waals surface area contributed by atoms with Crippen LogP contribution in [-0.4, -0.2) is 16.7 Å². The number of amides is 1. The minimum atomic E-state index is -0.296. The van der Waals surface area contributed by atoms with E-state index in [2.05, 4.69) is 27.7 Å². The molecule has 0 aliphatic carbocycles. The van der Waals surface area contributed by atoms with E-state index in [1.54, 1.807) is 18.3 Å². The fraction of sp³-hybridized carbons (Fsp3) is 0.143. The third kappa shape index (κ3) is 3.41. The molecule has 132 valence electrons. The summed E-state index contributed by atoms with van der Waals surface area (Å²) in [6.07, 6.45) is 3.55. The summed E-state index contributed by atoms with van der Waals surface area (Å²) in [4.78, 5) is 12.3. The molecule has 1 aromatic heterocycles. The van der Waals surface area contributed by atoms with E-state index in [9.17, 15) is 4.79 Å². The maximum absolute atomic E-state index is 12.3. The van der Waals surface area contributed by atoms with Crippen molar-refractivity contribution in [2.24, 2.45) is 5.10 Å². The van der Waals surface area contributed by atoms with Crippen molar-refractivity contribution in [1.29, 1.82) is 0 Å². The topological polar surface area (TPSA) is 46.4 Å². The quantitative estimate of drug-likeness (QED) is 0.391. The van der Waals surface area contributed by atoms with Gasteiger partial charge in [-0.05, 0) is 37.6 Å². The van der Waals surface area contributed by atoms with Crippen molar-refractivity contribution in [2.45, 2.75) is 20.4 Å². The Labute approximate surface area is 157 Å². The summed E-state index contributed by atoms with van der Waals surface area (Å²) in [5, 5.41) is 5.79. The number of hydrazone groups is 1. The molecule has 0 bridgehead atoms. The van der Waals surface area contributed by atoms with Crippen LogP contribution in [0.3, 0.4) is 0 Å². The van der Waals surface area contributed by atoms with Gasteiger partial charge in [0, 0.05) is 39.3 Å². The number of hydrogen-bond acceptors (Lipinski definition) is 2. The van der Waals surface area contributed by atoms with Crippen molar-refractivity contribution in [3.05, 3.63) is 82.5 Å². The Bertz CT molecular complexity index is 1020. The monoisotopic (exact) mass is 365 g/mol.